The number of nitrogens with zero attached hydrogens (tertiary/aromatic N) is 3. The maximum absolute atomic E-state index is 12.1. The Bertz CT molecular complexity index is 932. The zero-order chi connectivity index (χ0) is 23.1. The van der Waals surface area contributed by atoms with E-state index >= 15 is 0 Å². The lowest BCUT2D eigenvalue weighted by Crippen LogP contribution is -2.45. The van der Waals surface area contributed by atoms with Gasteiger partial charge in [0.2, 0.25) is 0 Å². The number of carbonyl (C=O) groups excluding carboxylic acids is 2. The molecule has 2 aromatic rings. The fourth-order valence-electron chi connectivity index (χ4n) is 3.84. The van der Waals surface area contributed by atoms with Gasteiger partial charge in [0, 0.05) is 30.6 Å². The van der Waals surface area contributed by atoms with E-state index in [1.165, 1.54) is 31.2 Å². The summed E-state index contributed by atoms with van der Waals surface area (Å²) in [5.41, 5.74) is 3.98. The molecule has 8 nitrogen and oxygen atoms in total. The number of alkyl carbamates (subject to hydrolysis) is 1. The molecule has 0 saturated heterocycles. The van der Waals surface area contributed by atoms with Crippen LogP contribution in [0.2, 0.25) is 0 Å². The molecular weight excluding hydrogens is 408 g/mol. The van der Waals surface area contributed by atoms with E-state index in [-0.39, 0.29) is 6.42 Å². The Balaban J connectivity index is 1.52. The Hall–Kier alpha value is -2.90. The van der Waals surface area contributed by atoms with Crippen LogP contribution in [0.4, 0.5) is 4.79 Å². The highest BCUT2D eigenvalue weighted by Gasteiger charge is 2.25. The molecule has 0 saturated carbocycles. The topological polar surface area (TPSA) is 95.3 Å². The van der Waals surface area contributed by atoms with E-state index in [1.54, 1.807) is 27.0 Å². The first-order valence-electron chi connectivity index (χ1n) is 11.3. The van der Waals surface area contributed by atoms with Crippen LogP contribution in [-0.2, 0) is 46.5 Å². The van der Waals surface area contributed by atoms with Crippen LogP contribution in [-0.4, -0.2) is 45.6 Å². The van der Waals surface area contributed by atoms with Crippen LogP contribution in [0.15, 0.2) is 24.5 Å². The largest absolute Gasteiger partial charge is 0.467 e. The van der Waals surface area contributed by atoms with Crippen molar-refractivity contribution in [2.75, 3.05) is 7.11 Å². The molecule has 0 aliphatic heterocycles. The van der Waals surface area contributed by atoms with Crippen LogP contribution in [0.3, 0.4) is 0 Å². The van der Waals surface area contributed by atoms with Crippen molar-refractivity contribution in [2.24, 2.45) is 0 Å². The molecule has 0 spiro atoms. The number of hydrogen-bond donors (Lipinski definition) is 1. The first-order chi connectivity index (χ1) is 15.2. The number of esters is 1. The van der Waals surface area contributed by atoms with E-state index in [2.05, 4.69) is 22.5 Å². The smallest absolute Gasteiger partial charge is 0.408 e. The number of fused-ring (bicyclic) bond motifs is 1. The number of carbonyl (C=O) groups is 2. The third kappa shape index (κ3) is 7.07. The zero-order valence-corrected chi connectivity index (χ0v) is 19.5. The fourth-order valence-corrected chi connectivity index (χ4v) is 3.84. The number of ether oxygens (including phenoxy) is 2. The van der Waals surface area contributed by atoms with Gasteiger partial charge in [-0.25, -0.2) is 9.59 Å². The summed E-state index contributed by atoms with van der Waals surface area (Å²) in [5, 5.41) is 6.99. The molecule has 1 atom stereocenters. The average Bonchev–Trinajstić information content (AvgIpc) is 3.18. The predicted molar refractivity (Wildman–Crippen MR) is 120 cm³/mol. The molecular formula is C24H34N4O4. The highest BCUT2D eigenvalue weighted by molar-refractivity contribution is 5.81. The summed E-state index contributed by atoms with van der Waals surface area (Å²) in [5.74, 6) is -0.526. The molecule has 2 heterocycles. The van der Waals surface area contributed by atoms with Crippen LogP contribution in [0.25, 0.3) is 0 Å². The van der Waals surface area contributed by atoms with Crippen molar-refractivity contribution >= 4 is 12.1 Å². The number of aromatic nitrogens is 3. The highest BCUT2D eigenvalue weighted by atomic mass is 16.6. The van der Waals surface area contributed by atoms with Gasteiger partial charge in [0.1, 0.15) is 11.6 Å². The lowest BCUT2D eigenvalue weighted by Gasteiger charge is -2.22. The third-order valence-corrected chi connectivity index (χ3v) is 5.36. The SMILES string of the molecule is COC(=O)C(Cc1cnn(CCCc2ccc3c(n2)CCCC3)c1)NC(=O)OC(C)(C)C. The number of hydrogen-bond acceptors (Lipinski definition) is 6. The molecule has 8 heteroatoms. The molecule has 32 heavy (non-hydrogen) atoms. The molecule has 1 amide bonds. The average molecular weight is 443 g/mol. The molecule has 0 fully saturated rings. The molecule has 1 N–H and O–H groups in total. The third-order valence-electron chi connectivity index (χ3n) is 5.36. The Morgan fingerprint density at radius 3 is 2.75 bits per heavy atom. The van der Waals surface area contributed by atoms with Gasteiger partial charge in [-0.1, -0.05) is 6.07 Å². The quantitative estimate of drug-likeness (QED) is 0.630. The van der Waals surface area contributed by atoms with Crippen LogP contribution in [0.1, 0.15) is 62.5 Å². The molecule has 3 rings (SSSR count). The van der Waals surface area contributed by atoms with E-state index in [0.717, 1.165) is 43.5 Å². The molecule has 1 aliphatic carbocycles. The molecule has 174 valence electrons. The van der Waals surface area contributed by atoms with Gasteiger partial charge in [-0.2, -0.15) is 5.10 Å². The summed E-state index contributed by atoms with van der Waals surface area (Å²) in [7, 11) is 1.30. The van der Waals surface area contributed by atoms with Gasteiger partial charge in [-0.05, 0) is 76.5 Å². The Kier molecular flexibility index (Phi) is 7.88. The van der Waals surface area contributed by atoms with Crippen LogP contribution < -0.4 is 5.32 Å². The number of amides is 1. The van der Waals surface area contributed by atoms with Gasteiger partial charge >= 0.3 is 12.1 Å². The molecule has 1 unspecified atom stereocenters. The summed E-state index contributed by atoms with van der Waals surface area (Å²) < 4.78 is 11.9. The van der Waals surface area contributed by atoms with Crippen molar-refractivity contribution in [3.05, 3.63) is 47.0 Å². The maximum Gasteiger partial charge on any atom is 0.408 e. The van der Waals surface area contributed by atoms with Gasteiger partial charge in [0.05, 0.1) is 13.3 Å². The first kappa shape index (κ1) is 23.8. The molecule has 1 aliphatic rings. The van der Waals surface area contributed by atoms with E-state index in [9.17, 15) is 9.59 Å². The van der Waals surface area contributed by atoms with Crippen LogP contribution in [0, 0.1) is 0 Å². The second-order valence-corrected chi connectivity index (χ2v) is 9.26. The van der Waals surface area contributed by atoms with Crippen LogP contribution >= 0.6 is 0 Å². The summed E-state index contributed by atoms with van der Waals surface area (Å²) in [6.45, 7) is 6.05. The van der Waals surface area contributed by atoms with Crippen molar-refractivity contribution in [3.8, 4) is 0 Å². The van der Waals surface area contributed by atoms with Crippen molar-refractivity contribution in [3.63, 3.8) is 0 Å². The summed E-state index contributed by atoms with van der Waals surface area (Å²) >= 11 is 0. The number of nitrogens with one attached hydrogen (secondary N) is 1. The summed E-state index contributed by atoms with van der Waals surface area (Å²) in [6, 6.07) is 3.53. The molecule has 2 aromatic heterocycles. The zero-order valence-electron chi connectivity index (χ0n) is 19.5. The van der Waals surface area contributed by atoms with Crippen molar-refractivity contribution in [1.29, 1.82) is 0 Å². The molecule has 0 bridgehead atoms. The Labute approximate surface area is 189 Å². The summed E-state index contributed by atoms with van der Waals surface area (Å²) in [4.78, 5) is 29.0. The second-order valence-electron chi connectivity index (χ2n) is 9.26. The normalized spacial score (nSPS) is 14.4. The second kappa shape index (κ2) is 10.6. The highest BCUT2D eigenvalue weighted by Crippen LogP contribution is 2.20. The monoisotopic (exact) mass is 442 g/mol. The van der Waals surface area contributed by atoms with Crippen LogP contribution in [0.5, 0.6) is 0 Å². The minimum absolute atomic E-state index is 0.276. The van der Waals surface area contributed by atoms with Gasteiger partial charge < -0.3 is 14.8 Å². The Morgan fingerprint density at radius 2 is 2.00 bits per heavy atom. The van der Waals surface area contributed by atoms with Gasteiger partial charge in [-0.3, -0.25) is 9.67 Å². The molecule has 0 radical (unpaired) electrons. The van der Waals surface area contributed by atoms with E-state index < -0.39 is 23.7 Å². The van der Waals surface area contributed by atoms with Gasteiger partial charge in [0.25, 0.3) is 0 Å². The number of methoxy groups -OCH3 is 1. The van der Waals surface area contributed by atoms with Gasteiger partial charge in [0.15, 0.2) is 0 Å². The minimum Gasteiger partial charge on any atom is -0.467 e. The van der Waals surface area contributed by atoms with Crippen molar-refractivity contribution in [1.82, 2.24) is 20.1 Å². The number of aryl methyl sites for hydroxylation is 4. The lowest BCUT2D eigenvalue weighted by atomic mass is 9.95. The lowest BCUT2D eigenvalue weighted by molar-refractivity contribution is -0.143. The standard InChI is InChI=1S/C24H34N4O4/c1-24(2,3)32-23(30)27-21(22(29)31-4)14-17-15-25-28(16-17)13-7-9-19-12-11-18-8-5-6-10-20(18)26-19/h11-12,15-16,21H,5-10,13-14H2,1-4H3,(H,27,30). The van der Waals surface area contributed by atoms with E-state index in [1.807, 2.05) is 10.9 Å². The summed E-state index contributed by atoms with van der Waals surface area (Å²) in [6.07, 6.45) is 9.77. The van der Waals surface area contributed by atoms with Gasteiger partial charge in [-0.15, -0.1) is 0 Å². The number of rotatable bonds is 8. The Morgan fingerprint density at radius 1 is 1.22 bits per heavy atom. The minimum atomic E-state index is -0.841. The van der Waals surface area contributed by atoms with Crippen molar-refractivity contribution < 1.29 is 19.1 Å². The number of pyridine rings is 1. The molecule has 0 aromatic carbocycles. The van der Waals surface area contributed by atoms with E-state index in [4.69, 9.17) is 14.5 Å². The predicted octanol–water partition coefficient (Wildman–Crippen LogP) is 3.40. The first-order valence-corrected chi connectivity index (χ1v) is 11.3. The van der Waals surface area contributed by atoms with E-state index in [0.29, 0.717) is 0 Å². The fraction of sp³-hybridized carbons (Fsp3) is 0.583. The van der Waals surface area contributed by atoms with Crippen molar-refractivity contribution in [2.45, 2.75) is 83.9 Å². The maximum atomic E-state index is 12.1.